The Morgan fingerprint density at radius 3 is 2.67 bits per heavy atom. The molecule has 1 heterocycles. The third-order valence-corrected chi connectivity index (χ3v) is 4.30. The molecule has 0 unspecified atom stereocenters. The highest BCUT2D eigenvalue weighted by atomic mass is 32.1. The van der Waals surface area contributed by atoms with E-state index < -0.39 is 23.4 Å². The maximum Gasteiger partial charge on any atom is 0.349 e. The summed E-state index contributed by atoms with van der Waals surface area (Å²) in [4.78, 5) is 33.5. The van der Waals surface area contributed by atoms with Crippen molar-refractivity contribution in [1.29, 1.82) is 0 Å². The van der Waals surface area contributed by atoms with Crippen molar-refractivity contribution in [3.05, 3.63) is 62.5 Å². The van der Waals surface area contributed by atoms with Crippen LogP contribution in [0.5, 0.6) is 0 Å². The molecule has 2 rings (SSSR count). The van der Waals surface area contributed by atoms with Crippen LogP contribution in [0, 0.1) is 17.0 Å². The van der Waals surface area contributed by atoms with Gasteiger partial charge in [-0.3, -0.25) is 14.9 Å². The number of benzene rings is 1. The number of thiophene rings is 1. The summed E-state index contributed by atoms with van der Waals surface area (Å²) < 4.78 is 4.85. The molecule has 7 nitrogen and oxygen atoms in total. The highest BCUT2D eigenvalue weighted by Crippen LogP contribution is 2.24. The largest absolute Gasteiger partial charge is 0.451 e. The Hall–Kier alpha value is -2.74. The predicted molar refractivity (Wildman–Crippen MR) is 89.1 cm³/mol. The average Bonchev–Trinajstić information content (AvgIpc) is 3.05. The minimum Gasteiger partial charge on any atom is -0.451 e. The molecule has 0 bridgehead atoms. The summed E-state index contributed by atoms with van der Waals surface area (Å²) in [6.07, 6.45) is 0.684. The minimum absolute atomic E-state index is 0.0920. The third-order valence-electron chi connectivity index (χ3n) is 3.29. The number of hydrogen-bond acceptors (Lipinski definition) is 6. The van der Waals surface area contributed by atoms with Gasteiger partial charge in [-0.05, 0) is 30.5 Å². The van der Waals surface area contributed by atoms with Gasteiger partial charge in [0.2, 0.25) is 0 Å². The van der Waals surface area contributed by atoms with Gasteiger partial charge >= 0.3 is 11.0 Å². The molecule has 2 aromatic rings. The molecule has 0 saturated heterocycles. The molecule has 0 aliphatic heterocycles. The molecular weight excluding hydrogens is 332 g/mol. The fourth-order valence-corrected chi connectivity index (χ4v) is 2.73. The first-order valence-electron chi connectivity index (χ1n) is 7.20. The van der Waals surface area contributed by atoms with Crippen molar-refractivity contribution in [2.24, 2.45) is 0 Å². The third kappa shape index (κ3) is 4.88. The molecule has 1 N–H and O–H groups in total. The van der Waals surface area contributed by atoms with Gasteiger partial charge in [0.05, 0.1) is 4.92 Å². The number of nitrogens with zero attached hydrogens (tertiary/aromatic N) is 1. The number of nitro groups is 1. The van der Waals surface area contributed by atoms with Gasteiger partial charge in [0.25, 0.3) is 5.91 Å². The Morgan fingerprint density at radius 1 is 1.25 bits per heavy atom. The molecule has 8 heteroatoms. The van der Waals surface area contributed by atoms with E-state index in [1.54, 1.807) is 0 Å². The first kappa shape index (κ1) is 17.6. The summed E-state index contributed by atoms with van der Waals surface area (Å²) in [7, 11) is 0. The van der Waals surface area contributed by atoms with Crippen molar-refractivity contribution in [2.45, 2.75) is 13.3 Å². The fraction of sp³-hybridized carbons (Fsp3) is 0.250. The van der Waals surface area contributed by atoms with Gasteiger partial charge < -0.3 is 10.1 Å². The van der Waals surface area contributed by atoms with Crippen molar-refractivity contribution in [1.82, 2.24) is 5.32 Å². The van der Waals surface area contributed by atoms with E-state index in [4.69, 9.17) is 4.74 Å². The molecule has 0 aliphatic rings. The molecule has 0 saturated carbocycles. The van der Waals surface area contributed by atoms with Crippen molar-refractivity contribution < 1.29 is 19.2 Å². The van der Waals surface area contributed by atoms with E-state index >= 15 is 0 Å². The summed E-state index contributed by atoms with van der Waals surface area (Å²) in [6.45, 7) is 2.02. The van der Waals surface area contributed by atoms with Crippen LogP contribution in [-0.2, 0) is 16.0 Å². The lowest BCUT2D eigenvalue weighted by molar-refractivity contribution is -0.380. The second-order valence-corrected chi connectivity index (χ2v) is 6.06. The lowest BCUT2D eigenvalue weighted by atomic mass is 10.1. The van der Waals surface area contributed by atoms with Crippen LogP contribution in [0.2, 0.25) is 0 Å². The molecule has 0 radical (unpaired) electrons. The number of rotatable bonds is 7. The molecule has 24 heavy (non-hydrogen) atoms. The summed E-state index contributed by atoms with van der Waals surface area (Å²) in [6, 6.07) is 10.4. The zero-order chi connectivity index (χ0) is 17.5. The summed E-state index contributed by atoms with van der Waals surface area (Å²) in [5.41, 5.74) is 2.29. The molecular formula is C16H16N2O5S. The molecule has 1 aromatic heterocycles. The summed E-state index contributed by atoms with van der Waals surface area (Å²) in [5.74, 6) is -1.16. The highest BCUT2D eigenvalue weighted by Gasteiger charge is 2.17. The second kappa shape index (κ2) is 8.21. The Labute approximate surface area is 142 Å². The monoisotopic (exact) mass is 348 g/mol. The number of aryl methyl sites for hydroxylation is 1. The van der Waals surface area contributed by atoms with Gasteiger partial charge in [0.1, 0.15) is 4.88 Å². The number of carbonyl (C=O) groups excluding carboxylic acids is 2. The Balaban J connectivity index is 1.73. The van der Waals surface area contributed by atoms with Gasteiger partial charge in [-0.25, -0.2) is 4.79 Å². The normalized spacial score (nSPS) is 10.2. The second-order valence-electron chi connectivity index (χ2n) is 5.00. The van der Waals surface area contributed by atoms with E-state index in [0.29, 0.717) is 24.3 Å². The quantitative estimate of drug-likeness (QED) is 0.471. The molecule has 0 atom stereocenters. The molecule has 126 valence electrons. The zero-order valence-electron chi connectivity index (χ0n) is 13.0. The highest BCUT2D eigenvalue weighted by molar-refractivity contribution is 7.17. The smallest absolute Gasteiger partial charge is 0.349 e. The number of carbonyl (C=O) groups is 2. The molecule has 0 aliphatic carbocycles. The van der Waals surface area contributed by atoms with Crippen LogP contribution in [0.1, 0.15) is 20.8 Å². The van der Waals surface area contributed by atoms with Crippen molar-refractivity contribution in [2.75, 3.05) is 13.2 Å². The van der Waals surface area contributed by atoms with Gasteiger partial charge in [-0.2, -0.15) is 0 Å². The first-order valence-corrected chi connectivity index (χ1v) is 8.01. The maximum atomic E-state index is 11.7. The van der Waals surface area contributed by atoms with Gasteiger partial charge in [0, 0.05) is 12.6 Å². The summed E-state index contributed by atoms with van der Waals surface area (Å²) >= 11 is 0.712. The molecule has 1 aromatic carbocycles. The van der Waals surface area contributed by atoms with E-state index in [9.17, 15) is 19.7 Å². The average molecular weight is 348 g/mol. The van der Waals surface area contributed by atoms with Crippen LogP contribution < -0.4 is 5.32 Å². The standard InChI is InChI=1S/C16H16N2O5S/c1-11-4-2-3-5-12(11)8-9-17-14(19)10-23-16(20)13-6-7-15(24-13)18(21)22/h2-7H,8-10H2,1H3,(H,17,19). The van der Waals surface area contributed by atoms with E-state index in [1.165, 1.54) is 12.1 Å². The van der Waals surface area contributed by atoms with Crippen LogP contribution in [0.3, 0.4) is 0 Å². The molecule has 0 spiro atoms. The van der Waals surface area contributed by atoms with Crippen LogP contribution in [0.25, 0.3) is 0 Å². The number of nitrogens with one attached hydrogen (secondary N) is 1. The minimum atomic E-state index is -0.748. The van der Waals surface area contributed by atoms with Crippen LogP contribution in [-0.4, -0.2) is 30.0 Å². The summed E-state index contributed by atoms with van der Waals surface area (Å²) in [5, 5.41) is 13.1. The predicted octanol–water partition coefficient (Wildman–Crippen LogP) is 2.48. The Bertz CT molecular complexity index is 756. The fourth-order valence-electron chi connectivity index (χ4n) is 2.02. The van der Waals surface area contributed by atoms with Crippen LogP contribution in [0.4, 0.5) is 5.00 Å². The molecule has 1 amide bonds. The lowest BCUT2D eigenvalue weighted by Crippen LogP contribution is -2.30. The van der Waals surface area contributed by atoms with Crippen molar-refractivity contribution in [3.8, 4) is 0 Å². The zero-order valence-corrected chi connectivity index (χ0v) is 13.8. The number of amides is 1. The Kier molecular flexibility index (Phi) is 6.02. The van der Waals surface area contributed by atoms with Crippen molar-refractivity contribution >= 4 is 28.2 Å². The SMILES string of the molecule is Cc1ccccc1CCNC(=O)COC(=O)c1ccc([N+](=O)[O-])s1. The van der Waals surface area contributed by atoms with E-state index in [-0.39, 0.29) is 9.88 Å². The number of hydrogen-bond donors (Lipinski definition) is 1. The first-order chi connectivity index (χ1) is 11.5. The van der Waals surface area contributed by atoms with Gasteiger partial charge in [-0.15, -0.1) is 0 Å². The van der Waals surface area contributed by atoms with E-state index in [0.717, 1.165) is 11.1 Å². The van der Waals surface area contributed by atoms with Crippen molar-refractivity contribution in [3.63, 3.8) is 0 Å². The Morgan fingerprint density at radius 2 is 2.00 bits per heavy atom. The lowest BCUT2D eigenvalue weighted by Gasteiger charge is -2.07. The van der Waals surface area contributed by atoms with Gasteiger partial charge in [0.15, 0.2) is 6.61 Å². The van der Waals surface area contributed by atoms with Crippen LogP contribution >= 0.6 is 11.3 Å². The van der Waals surface area contributed by atoms with E-state index in [2.05, 4.69) is 5.32 Å². The number of esters is 1. The number of ether oxygens (including phenoxy) is 1. The topological polar surface area (TPSA) is 98.5 Å². The molecule has 0 fully saturated rings. The van der Waals surface area contributed by atoms with Crippen LogP contribution in [0.15, 0.2) is 36.4 Å². The van der Waals surface area contributed by atoms with Gasteiger partial charge in [-0.1, -0.05) is 35.6 Å². The van der Waals surface area contributed by atoms with E-state index in [1.807, 2.05) is 31.2 Å². The maximum absolute atomic E-state index is 11.7.